The molecule has 2 heterocycles. The summed E-state index contributed by atoms with van der Waals surface area (Å²) >= 11 is 7.63. The Morgan fingerprint density at radius 2 is 2.38 bits per heavy atom. The van der Waals surface area contributed by atoms with Crippen LogP contribution in [0.2, 0.25) is 5.02 Å². The topological polar surface area (TPSA) is 80.5 Å². The molecular weight excluding hydrogens is 310 g/mol. The molecule has 5 nitrogen and oxygen atoms in total. The van der Waals surface area contributed by atoms with E-state index in [9.17, 15) is 4.79 Å². The molecule has 0 amide bonds. The second-order valence-corrected chi connectivity index (χ2v) is 6.27. The van der Waals surface area contributed by atoms with Gasteiger partial charge in [0.15, 0.2) is 0 Å². The molecule has 110 valence electrons. The Morgan fingerprint density at radius 1 is 1.57 bits per heavy atom. The van der Waals surface area contributed by atoms with E-state index < -0.39 is 0 Å². The van der Waals surface area contributed by atoms with Crippen LogP contribution in [0.1, 0.15) is 12.1 Å². The normalized spacial score (nSPS) is 18.0. The molecular formula is C14H14ClN3O2S. The molecule has 0 fully saturated rings. The van der Waals surface area contributed by atoms with E-state index in [0.29, 0.717) is 17.1 Å². The van der Waals surface area contributed by atoms with Gasteiger partial charge in [-0.1, -0.05) is 11.6 Å². The van der Waals surface area contributed by atoms with Crippen LogP contribution in [0.4, 0.5) is 5.69 Å². The van der Waals surface area contributed by atoms with Crippen molar-refractivity contribution in [1.29, 1.82) is 0 Å². The first-order valence-corrected chi connectivity index (χ1v) is 7.78. The lowest BCUT2D eigenvalue weighted by Gasteiger charge is -2.02. The molecule has 0 bridgehead atoms. The Balaban J connectivity index is 1.89. The SMILES string of the molecule is COC(=O)C[C@@H]1CSC(c2cc3cc(Cl)cc(N)c3[nH]2)=N1. The van der Waals surface area contributed by atoms with Gasteiger partial charge in [-0.25, -0.2) is 0 Å². The summed E-state index contributed by atoms with van der Waals surface area (Å²) in [4.78, 5) is 19.1. The van der Waals surface area contributed by atoms with Crippen molar-refractivity contribution in [2.24, 2.45) is 4.99 Å². The average molecular weight is 324 g/mol. The summed E-state index contributed by atoms with van der Waals surface area (Å²) in [5, 5.41) is 2.44. The average Bonchev–Trinajstić information content (AvgIpc) is 3.04. The predicted octanol–water partition coefficient (Wildman–Crippen LogP) is 2.83. The molecule has 1 aliphatic rings. The number of aliphatic imine (C=N–C) groups is 1. The molecule has 3 N–H and O–H groups in total. The third-order valence-corrected chi connectivity index (χ3v) is 4.66. The molecule has 1 atom stereocenters. The number of aromatic amines is 1. The molecule has 7 heteroatoms. The van der Waals surface area contributed by atoms with Crippen LogP contribution in [-0.4, -0.2) is 34.9 Å². The number of aromatic nitrogens is 1. The number of thioether (sulfide) groups is 1. The van der Waals surface area contributed by atoms with E-state index in [0.717, 1.165) is 27.4 Å². The molecule has 1 aromatic heterocycles. The maximum absolute atomic E-state index is 11.3. The van der Waals surface area contributed by atoms with Crippen LogP contribution >= 0.6 is 23.4 Å². The quantitative estimate of drug-likeness (QED) is 0.672. The molecule has 0 aliphatic carbocycles. The number of carbonyl (C=O) groups is 1. The molecule has 1 aromatic carbocycles. The zero-order valence-corrected chi connectivity index (χ0v) is 12.9. The number of esters is 1. The lowest BCUT2D eigenvalue weighted by molar-refractivity contribution is -0.140. The number of nitrogens with zero attached hydrogens (tertiary/aromatic N) is 1. The summed E-state index contributed by atoms with van der Waals surface area (Å²) < 4.78 is 4.67. The largest absolute Gasteiger partial charge is 0.469 e. The second kappa shape index (κ2) is 5.61. The molecule has 0 spiro atoms. The number of anilines is 1. The standard InChI is InChI=1S/C14H14ClN3O2S/c1-20-12(19)5-9-6-21-14(17-9)11-3-7-2-8(15)4-10(16)13(7)18-11/h2-4,9,18H,5-6,16H2,1H3/t9-/m1/s1. The van der Waals surface area contributed by atoms with Gasteiger partial charge in [0.05, 0.1) is 36.5 Å². The maximum atomic E-state index is 11.3. The van der Waals surface area contributed by atoms with E-state index in [1.807, 2.05) is 12.1 Å². The highest BCUT2D eigenvalue weighted by molar-refractivity contribution is 8.14. The van der Waals surface area contributed by atoms with E-state index in [1.54, 1.807) is 17.8 Å². The molecule has 2 aromatic rings. The van der Waals surface area contributed by atoms with Gasteiger partial charge in [0.2, 0.25) is 0 Å². The number of benzene rings is 1. The van der Waals surface area contributed by atoms with Crippen molar-refractivity contribution in [2.45, 2.75) is 12.5 Å². The first kappa shape index (κ1) is 14.3. The van der Waals surface area contributed by atoms with Crippen molar-refractivity contribution in [3.63, 3.8) is 0 Å². The van der Waals surface area contributed by atoms with Gasteiger partial charge in [0.1, 0.15) is 5.04 Å². The summed E-state index contributed by atoms with van der Waals surface area (Å²) in [6.45, 7) is 0. The Kier molecular flexibility index (Phi) is 3.82. The number of nitrogens with one attached hydrogen (secondary N) is 1. The number of ether oxygens (including phenoxy) is 1. The maximum Gasteiger partial charge on any atom is 0.307 e. The summed E-state index contributed by atoms with van der Waals surface area (Å²) in [5.74, 6) is 0.536. The first-order valence-electron chi connectivity index (χ1n) is 6.42. The van der Waals surface area contributed by atoms with E-state index in [2.05, 4.69) is 14.7 Å². The fourth-order valence-electron chi connectivity index (χ4n) is 2.29. The molecule has 0 saturated heterocycles. The van der Waals surface area contributed by atoms with Crippen molar-refractivity contribution < 1.29 is 9.53 Å². The number of methoxy groups -OCH3 is 1. The third-order valence-electron chi connectivity index (χ3n) is 3.30. The molecule has 3 rings (SSSR count). The predicted molar refractivity (Wildman–Crippen MR) is 87.1 cm³/mol. The zero-order chi connectivity index (χ0) is 15.0. The van der Waals surface area contributed by atoms with Crippen molar-refractivity contribution in [3.8, 4) is 0 Å². The summed E-state index contributed by atoms with van der Waals surface area (Å²) in [6, 6.07) is 5.52. The molecule has 0 saturated carbocycles. The number of H-pyrrole nitrogens is 1. The highest BCUT2D eigenvalue weighted by Gasteiger charge is 2.23. The van der Waals surface area contributed by atoms with Gasteiger partial charge < -0.3 is 15.5 Å². The van der Waals surface area contributed by atoms with Crippen LogP contribution in [0.15, 0.2) is 23.2 Å². The summed E-state index contributed by atoms with van der Waals surface area (Å²) in [6.07, 6.45) is 0.307. The van der Waals surface area contributed by atoms with Gasteiger partial charge >= 0.3 is 5.97 Å². The minimum absolute atomic E-state index is 0.0372. The monoisotopic (exact) mass is 323 g/mol. The Bertz CT molecular complexity index is 741. The summed E-state index contributed by atoms with van der Waals surface area (Å²) in [7, 11) is 1.39. The number of hydrogen-bond acceptors (Lipinski definition) is 5. The molecule has 0 unspecified atom stereocenters. The minimum atomic E-state index is -0.238. The van der Waals surface area contributed by atoms with E-state index in [-0.39, 0.29) is 12.0 Å². The van der Waals surface area contributed by atoms with Crippen molar-refractivity contribution >= 4 is 51.0 Å². The smallest absolute Gasteiger partial charge is 0.307 e. The number of rotatable bonds is 3. The van der Waals surface area contributed by atoms with Gasteiger partial charge in [-0.15, -0.1) is 11.8 Å². The molecule has 1 aliphatic heterocycles. The number of nitrogens with two attached hydrogens (primary N) is 1. The second-order valence-electron chi connectivity index (χ2n) is 4.82. The number of nitrogen functional groups attached to an aromatic ring is 1. The van der Waals surface area contributed by atoms with Gasteiger partial charge in [-0.2, -0.15) is 0 Å². The highest BCUT2D eigenvalue weighted by Crippen LogP contribution is 2.30. The van der Waals surface area contributed by atoms with Crippen LogP contribution in [0.3, 0.4) is 0 Å². The van der Waals surface area contributed by atoms with E-state index in [1.165, 1.54) is 7.11 Å². The van der Waals surface area contributed by atoms with E-state index >= 15 is 0 Å². The minimum Gasteiger partial charge on any atom is -0.469 e. The molecule has 0 radical (unpaired) electrons. The summed E-state index contributed by atoms with van der Waals surface area (Å²) in [5.41, 5.74) is 8.32. The van der Waals surface area contributed by atoms with Gasteiger partial charge in [0, 0.05) is 16.2 Å². The van der Waals surface area contributed by atoms with Gasteiger partial charge in [0.25, 0.3) is 0 Å². The Hall–Kier alpha value is -1.66. The Labute approximate surface area is 130 Å². The van der Waals surface area contributed by atoms with E-state index in [4.69, 9.17) is 17.3 Å². The fraction of sp³-hybridized carbons (Fsp3) is 0.286. The lowest BCUT2D eigenvalue weighted by Crippen LogP contribution is -2.12. The van der Waals surface area contributed by atoms with Gasteiger partial charge in [-0.3, -0.25) is 9.79 Å². The van der Waals surface area contributed by atoms with Crippen LogP contribution < -0.4 is 5.73 Å². The number of fused-ring (bicyclic) bond motifs is 1. The first-order chi connectivity index (χ1) is 10.1. The highest BCUT2D eigenvalue weighted by atomic mass is 35.5. The number of hydrogen-bond donors (Lipinski definition) is 2. The van der Waals surface area contributed by atoms with Gasteiger partial charge in [-0.05, 0) is 18.2 Å². The van der Waals surface area contributed by atoms with Crippen molar-refractivity contribution in [3.05, 3.63) is 28.9 Å². The Morgan fingerprint density at radius 3 is 3.14 bits per heavy atom. The van der Waals surface area contributed by atoms with Crippen molar-refractivity contribution in [2.75, 3.05) is 18.6 Å². The van der Waals surface area contributed by atoms with Crippen LogP contribution in [0, 0.1) is 0 Å². The third kappa shape index (κ3) is 2.87. The van der Waals surface area contributed by atoms with Crippen LogP contribution in [0.5, 0.6) is 0 Å². The zero-order valence-electron chi connectivity index (χ0n) is 11.4. The number of halogens is 1. The van der Waals surface area contributed by atoms with Crippen LogP contribution in [-0.2, 0) is 9.53 Å². The number of carbonyl (C=O) groups excluding carboxylic acids is 1. The van der Waals surface area contributed by atoms with Crippen LogP contribution in [0.25, 0.3) is 10.9 Å². The molecule has 21 heavy (non-hydrogen) atoms. The fourth-order valence-corrected chi connectivity index (χ4v) is 3.56. The van der Waals surface area contributed by atoms with Crippen molar-refractivity contribution in [1.82, 2.24) is 4.98 Å². The lowest BCUT2D eigenvalue weighted by atomic mass is 10.2.